The third kappa shape index (κ3) is 5.15. The summed E-state index contributed by atoms with van der Waals surface area (Å²) >= 11 is 0. The Morgan fingerprint density at radius 2 is 1.92 bits per heavy atom. The summed E-state index contributed by atoms with van der Waals surface area (Å²) in [5.74, 6) is -1.19. The van der Waals surface area contributed by atoms with Crippen LogP contribution in [0.4, 0.5) is 0 Å². The number of rotatable bonds is 7. The zero-order valence-electron chi connectivity index (χ0n) is 14.2. The van der Waals surface area contributed by atoms with E-state index in [1.807, 2.05) is 30.3 Å². The van der Waals surface area contributed by atoms with Gasteiger partial charge < -0.3 is 15.7 Å². The van der Waals surface area contributed by atoms with Gasteiger partial charge in [-0.25, -0.2) is 4.79 Å². The largest absolute Gasteiger partial charge is 0.394 e. The number of hydrogen-bond acceptors (Lipinski definition) is 5. The van der Waals surface area contributed by atoms with E-state index >= 15 is 0 Å². The molecule has 0 spiro atoms. The first-order chi connectivity index (χ1) is 12.4. The van der Waals surface area contributed by atoms with E-state index < -0.39 is 35.7 Å². The molecule has 2 amide bonds. The van der Waals surface area contributed by atoms with E-state index in [1.54, 1.807) is 0 Å². The van der Waals surface area contributed by atoms with Crippen molar-refractivity contribution in [3.63, 3.8) is 0 Å². The Hall–Kier alpha value is -3.20. The molecular formula is C17H20N4O5. The van der Waals surface area contributed by atoms with Crippen LogP contribution in [0.2, 0.25) is 0 Å². The van der Waals surface area contributed by atoms with Crippen LogP contribution in [-0.4, -0.2) is 39.1 Å². The Morgan fingerprint density at radius 3 is 2.58 bits per heavy atom. The van der Waals surface area contributed by atoms with Gasteiger partial charge in [0.15, 0.2) is 0 Å². The van der Waals surface area contributed by atoms with Crippen molar-refractivity contribution in [2.75, 3.05) is 6.61 Å². The highest BCUT2D eigenvalue weighted by Gasteiger charge is 2.20. The number of aliphatic hydroxyl groups excluding tert-OH is 1. The van der Waals surface area contributed by atoms with Crippen molar-refractivity contribution in [2.24, 2.45) is 0 Å². The fourth-order valence-corrected chi connectivity index (χ4v) is 2.23. The summed E-state index contributed by atoms with van der Waals surface area (Å²) in [5, 5.41) is 14.3. The second kappa shape index (κ2) is 8.77. The van der Waals surface area contributed by atoms with Crippen LogP contribution in [0.1, 0.15) is 11.1 Å². The van der Waals surface area contributed by atoms with E-state index in [9.17, 15) is 24.3 Å². The van der Waals surface area contributed by atoms with Gasteiger partial charge in [-0.3, -0.25) is 23.9 Å². The van der Waals surface area contributed by atoms with Crippen LogP contribution >= 0.6 is 0 Å². The molecule has 2 aromatic rings. The molecule has 0 fully saturated rings. The fraction of sp³-hybridized carbons (Fsp3) is 0.294. The van der Waals surface area contributed by atoms with Crippen molar-refractivity contribution in [1.29, 1.82) is 0 Å². The third-order valence-electron chi connectivity index (χ3n) is 3.65. The number of benzene rings is 1. The first kappa shape index (κ1) is 19.1. The lowest BCUT2D eigenvalue weighted by atomic mass is 10.2. The van der Waals surface area contributed by atoms with E-state index in [-0.39, 0.29) is 18.7 Å². The topological polar surface area (TPSA) is 133 Å². The summed E-state index contributed by atoms with van der Waals surface area (Å²) in [6, 6.07) is 8.02. The Labute approximate surface area is 148 Å². The zero-order valence-corrected chi connectivity index (χ0v) is 14.2. The number of H-pyrrole nitrogens is 1. The van der Waals surface area contributed by atoms with Crippen molar-refractivity contribution in [2.45, 2.75) is 26.1 Å². The van der Waals surface area contributed by atoms with Crippen molar-refractivity contribution in [3.8, 4) is 0 Å². The number of hydrogen-bond donors (Lipinski definition) is 4. The molecule has 9 heteroatoms. The Balaban J connectivity index is 1.95. The summed E-state index contributed by atoms with van der Waals surface area (Å²) in [7, 11) is 0. The second-order valence-corrected chi connectivity index (χ2v) is 5.71. The van der Waals surface area contributed by atoms with Gasteiger partial charge in [0.25, 0.3) is 5.56 Å². The van der Waals surface area contributed by atoms with Crippen molar-refractivity contribution < 1.29 is 14.7 Å². The zero-order chi connectivity index (χ0) is 19.1. The van der Waals surface area contributed by atoms with E-state index in [0.29, 0.717) is 0 Å². The normalized spacial score (nSPS) is 11.6. The van der Waals surface area contributed by atoms with E-state index in [1.165, 1.54) is 13.1 Å². The summed E-state index contributed by atoms with van der Waals surface area (Å²) < 4.78 is 1.02. The van der Waals surface area contributed by atoms with Crippen LogP contribution in [-0.2, 0) is 22.7 Å². The van der Waals surface area contributed by atoms with Gasteiger partial charge in [0.05, 0.1) is 6.61 Å². The molecule has 9 nitrogen and oxygen atoms in total. The highest BCUT2D eigenvalue weighted by Crippen LogP contribution is 1.97. The highest BCUT2D eigenvalue weighted by atomic mass is 16.3. The first-order valence-corrected chi connectivity index (χ1v) is 7.93. The molecule has 0 radical (unpaired) electrons. The van der Waals surface area contributed by atoms with Crippen LogP contribution < -0.4 is 21.9 Å². The van der Waals surface area contributed by atoms with Crippen LogP contribution in [0.3, 0.4) is 0 Å². The quantitative estimate of drug-likeness (QED) is 0.484. The Morgan fingerprint density at radius 1 is 1.23 bits per heavy atom. The monoisotopic (exact) mass is 360 g/mol. The number of aliphatic hydroxyl groups is 1. The molecule has 0 saturated carbocycles. The van der Waals surface area contributed by atoms with Crippen LogP contribution in [0.25, 0.3) is 0 Å². The van der Waals surface area contributed by atoms with Crippen molar-refractivity contribution >= 4 is 11.8 Å². The van der Waals surface area contributed by atoms with Crippen LogP contribution in [0, 0.1) is 6.92 Å². The molecule has 0 bridgehead atoms. The van der Waals surface area contributed by atoms with Gasteiger partial charge in [-0.1, -0.05) is 30.3 Å². The van der Waals surface area contributed by atoms with Gasteiger partial charge in [-0.15, -0.1) is 0 Å². The molecule has 1 aromatic carbocycles. The molecule has 4 N–H and O–H groups in total. The number of carbonyl (C=O) groups excluding carboxylic acids is 2. The molecule has 138 valence electrons. The molecule has 1 atom stereocenters. The van der Waals surface area contributed by atoms with Gasteiger partial charge in [-0.2, -0.15) is 0 Å². The van der Waals surface area contributed by atoms with Crippen LogP contribution in [0.15, 0.2) is 46.1 Å². The van der Waals surface area contributed by atoms with E-state index in [4.69, 9.17) is 0 Å². The minimum Gasteiger partial charge on any atom is -0.394 e. The van der Waals surface area contributed by atoms with Gasteiger partial charge in [0.1, 0.15) is 12.6 Å². The molecule has 26 heavy (non-hydrogen) atoms. The first-order valence-electron chi connectivity index (χ1n) is 7.93. The Kier molecular flexibility index (Phi) is 6.45. The van der Waals surface area contributed by atoms with Gasteiger partial charge >= 0.3 is 5.69 Å². The molecule has 2 rings (SSSR count). The summed E-state index contributed by atoms with van der Waals surface area (Å²) in [5.41, 5.74) is -0.110. The van der Waals surface area contributed by atoms with E-state index in [0.717, 1.165) is 10.1 Å². The molecule has 0 aliphatic rings. The van der Waals surface area contributed by atoms with Gasteiger partial charge in [0, 0.05) is 18.3 Å². The minimum atomic E-state index is -1.15. The van der Waals surface area contributed by atoms with Gasteiger partial charge in [-0.05, 0) is 12.5 Å². The average Bonchev–Trinajstić information content (AvgIpc) is 2.63. The maximum Gasteiger partial charge on any atom is 0.328 e. The maximum atomic E-state index is 12.1. The lowest BCUT2D eigenvalue weighted by molar-refractivity contribution is -0.130. The molecule has 0 aliphatic carbocycles. The molecule has 0 aliphatic heterocycles. The number of aryl methyl sites for hydroxylation is 1. The van der Waals surface area contributed by atoms with Crippen LogP contribution in [0.5, 0.6) is 0 Å². The molecular weight excluding hydrogens is 340 g/mol. The summed E-state index contributed by atoms with van der Waals surface area (Å²) in [6.45, 7) is 0.773. The third-order valence-corrected chi connectivity index (χ3v) is 3.65. The molecule has 0 unspecified atom stereocenters. The number of aromatic nitrogens is 2. The fourth-order valence-electron chi connectivity index (χ4n) is 2.23. The SMILES string of the molecule is Cc1cn(CC(=O)N[C@@H](CO)C(=O)NCc2ccccc2)c(=O)[nH]c1=O. The smallest absolute Gasteiger partial charge is 0.328 e. The second-order valence-electron chi connectivity index (χ2n) is 5.71. The van der Waals surface area contributed by atoms with E-state index in [2.05, 4.69) is 15.6 Å². The van der Waals surface area contributed by atoms with Gasteiger partial charge in [0.2, 0.25) is 11.8 Å². The Bertz CT molecular complexity index is 888. The summed E-state index contributed by atoms with van der Waals surface area (Å²) in [4.78, 5) is 49.2. The molecule has 0 saturated heterocycles. The maximum absolute atomic E-state index is 12.1. The lowest BCUT2D eigenvalue weighted by Gasteiger charge is -2.16. The summed E-state index contributed by atoms with van der Waals surface area (Å²) in [6.07, 6.45) is 1.25. The number of nitrogens with one attached hydrogen (secondary N) is 3. The molecule has 1 aromatic heterocycles. The van der Waals surface area contributed by atoms with Crippen molar-refractivity contribution in [1.82, 2.24) is 20.2 Å². The number of nitrogens with zero attached hydrogens (tertiary/aromatic N) is 1. The number of aromatic amines is 1. The average molecular weight is 360 g/mol. The minimum absolute atomic E-state index is 0.255. The molecule has 1 heterocycles. The predicted molar refractivity (Wildman–Crippen MR) is 93.4 cm³/mol. The highest BCUT2D eigenvalue weighted by molar-refractivity contribution is 5.87. The number of carbonyl (C=O) groups is 2. The van der Waals surface area contributed by atoms with Crippen molar-refractivity contribution in [3.05, 3.63) is 68.5 Å². The lowest BCUT2D eigenvalue weighted by Crippen LogP contribution is -2.50. The predicted octanol–water partition coefficient (Wildman–Crippen LogP) is -1.36. The number of amides is 2. The standard InChI is InChI=1S/C17H20N4O5/c1-11-8-21(17(26)20-15(11)24)9-14(23)19-13(10-22)16(25)18-7-12-5-3-2-4-6-12/h2-6,8,13,22H,7,9-10H2,1H3,(H,18,25)(H,19,23)(H,20,24,26)/t13-/m0/s1.